The number of pyridine rings is 1. The van der Waals surface area contributed by atoms with Crippen LogP contribution >= 0.6 is 11.3 Å². The van der Waals surface area contributed by atoms with Gasteiger partial charge >= 0.3 is 0 Å². The molecule has 3 rings (SSSR count). The van der Waals surface area contributed by atoms with Crippen LogP contribution in [0.2, 0.25) is 0 Å². The fraction of sp³-hybridized carbons (Fsp3) is 0.143. The summed E-state index contributed by atoms with van der Waals surface area (Å²) in [6, 6.07) is 6.43. The molecule has 1 N–H and O–H groups in total. The van der Waals surface area contributed by atoms with Gasteiger partial charge in [0, 0.05) is 20.3 Å². The molecule has 0 fully saturated rings. The molecule has 0 aliphatic carbocycles. The van der Waals surface area contributed by atoms with Crippen LogP contribution in [-0.4, -0.2) is 42.8 Å². The number of aliphatic hydroxyl groups excluding tert-OH is 1. The van der Waals surface area contributed by atoms with E-state index in [0.29, 0.717) is 5.82 Å². The number of sulfonamides is 1. The second-order valence-corrected chi connectivity index (χ2v) is 7.69. The quantitative estimate of drug-likeness (QED) is 0.889. The highest BCUT2D eigenvalue weighted by atomic mass is 32.2. The van der Waals surface area contributed by atoms with Gasteiger partial charge < -0.3 is 5.11 Å². The number of carbonyl (C=O) groups excluding carboxylic acids is 1. The van der Waals surface area contributed by atoms with E-state index in [2.05, 4.69) is 4.98 Å². The lowest BCUT2D eigenvalue weighted by Gasteiger charge is -2.29. The molecule has 0 saturated carbocycles. The molecule has 0 atom stereocenters. The van der Waals surface area contributed by atoms with E-state index >= 15 is 0 Å². The summed E-state index contributed by atoms with van der Waals surface area (Å²) in [5, 5.41) is 12.0. The number of hydrogen-bond acceptors (Lipinski definition) is 6. The van der Waals surface area contributed by atoms with Gasteiger partial charge in [-0.2, -0.15) is 0 Å². The SMILES string of the molecule is CN(C(=O)C1=C(O)c2sccc2S(=O)(=O)N1C)c1ccccn1. The molecular formula is C14H13N3O4S2. The summed E-state index contributed by atoms with van der Waals surface area (Å²) < 4.78 is 25.8. The van der Waals surface area contributed by atoms with Crippen LogP contribution in [0, 0.1) is 0 Å². The Bertz CT molecular complexity index is 903. The first kappa shape index (κ1) is 15.5. The first-order valence-electron chi connectivity index (χ1n) is 6.55. The maximum atomic E-state index is 12.7. The number of carbonyl (C=O) groups is 1. The molecule has 0 aromatic carbocycles. The monoisotopic (exact) mass is 351 g/mol. The maximum Gasteiger partial charge on any atom is 0.280 e. The number of rotatable bonds is 2. The van der Waals surface area contributed by atoms with Crippen molar-refractivity contribution in [3.05, 3.63) is 46.4 Å². The molecule has 0 saturated heterocycles. The van der Waals surface area contributed by atoms with Crippen LogP contribution in [0.25, 0.3) is 5.76 Å². The van der Waals surface area contributed by atoms with Gasteiger partial charge in [0.1, 0.15) is 10.7 Å². The van der Waals surface area contributed by atoms with Gasteiger partial charge in [-0.05, 0) is 23.6 Å². The number of aromatic nitrogens is 1. The Kier molecular flexibility index (Phi) is 3.61. The van der Waals surface area contributed by atoms with Gasteiger partial charge in [-0.1, -0.05) is 6.07 Å². The number of nitrogens with zero attached hydrogens (tertiary/aromatic N) is 3. The molecule has 1 aliphatic rings. The summed E-state index contributed by atoms with van der Waals surface area (Å²) in [5.74, 6) is -0.660. The molecule has 7 nitrogen and oxygen atoms in total. The summed E-state index contributed by atoms with van der Waals surface area (Å²) in [7, 11) is -1.15. The zero-order valence-corrected chi connectivity index (χ0v) is 13.9. The van der Waals surface area contributed by atoms with E-state index in [4.69, 9.17) is 0 Å². The number of thiophene rings is 1. The van der Waals surface area contributed by atoms with Crippen molar-refractivity contribution >= 4 is 38.8 Å². The van der Waals surface area contributed by atoms with Gasteiger partial charge in [0.25, 0.3) is 15.9 Å². The predicted octanol–water partition coefficient (Wildman–Crippen LogP) is 1.67. The fourth-order valence-electron chi connectivity index (χ4n) is 2.25. The van der Waals surface area contributed by atoms with Gasteiger partial charge in [0.15, 0.2) is 11.5 Å². The van der Waals surface area contributed by atoms with Crippen LogP contribution in [0.3, 0.4) is 0 Å². The van der Waals surface area contributed by atoms with E-state index in [0.717, 1.165) is 15.6 Å². The van der Waals surface area contributed by atoms with Crippen LogP contribution in [0.5, 0.6) is 0 Å². The lowest BCUT2D eigenvalue weighted by atomic mass is 10.2. The molecule has 1 amide bonds. The number of anilines is 1. The molecule has 2 aromatic heterocycles. The molecule has 0 radical (unpaired) electrons. The largest absolute Gasteiger partial charge is 0.504 e. The molecule has 9 heteroatoms. The minimum absolute atomic E-state index is 0.000427. The Hall–Kier alpha value is -2.39. The van der Waals surface area contributed by atoms with Gasteiger partial charge in [0.05, 0.1) is 4.88 Å². The third kappa shape index (κ3) is 2.28. The average molecular weight is 351 g/mol. The van der Waals surface area contributed by atoms with E-state index in [-0.39, 0.29) is 21.2 Å². The van der Waals surface area contributed by atoms with Crippen molar-refractivity contribution in [1.82, 2.24) is 9.29 Å². The number of amides is 1. The molecule has 120 valence electrons. The Labute approximate surface area is 137 Å². The normalized spacial score (nSPS) is 16.2. The third-order valence-corrected chi connectivity index (χ3v) is 6.37. The Morgan fingerprint density at radius 1 is 1.35 bits per heavy atom. The summed E-state index contributed by atoms with van der Waals surface area (Å²) in [5.41, 5.74) is -0.298. The zero-order chi connectivity index (χ0) is 16.8. The molecule has 0 spiro atoms. The summed E-state index contributed by atoms with van der Waals surface area (Å²) in [4.78, 5) is 18.1. The summed E-state index contributed by atoms with van der Waals surface area (Å²) in [6.45, 7) is 0. The van der Waals surface area contributed by atoms with Gasteiger partial charge in [-0.3, -0.25) is 14.0 Å². The van der Waals surface area contributed by atoms with E-state index in [1.165, 1.54) is 31.3 Å². The van der Waals surface area contributed by atoms with Crippen LogP contribution in [0.15, 0.2) is 46.4 Å². The fourth-order valence-corrected chi connectivity index (χ4v) is 4.80. The van der Waals surface area contributed by atoms with E-state index in [1.54, 1.807) is 23.6 Å². The first-order valence-corrected chi connectivity index (χ1v) is 8.87. The highest BCUT2D eigenvalue weighted by molar-refractivity contribution is 7.89. The van der Waals surface area contributed by atoms with Crippen molar-refractivity contribution in [3.63, 3.8) is 0 Å². The second kappa shape index (κ2) is 5.36. The van der Waals surface area contributed by atoms with Gasteiger partial charge in [-0.25, -0.2) is 13.4 Å². The predicted molar refractivity (Wildman–Crippen MR) is 86.5 cm³/mol. The minimum Gasteiger partial charge on any atom is -0.504 e. The average Bonchev–Trinajstić information content (AvgIpc) is 3.04. The molecular weight excluding hydrogens is 338 g/mol. The summed E-state index contributed by atoms with van der Waals surface area (Å²) in [6.07, 6.45) is 1.52. The maximum absolute atomic E-state index is 12.7. The Balaban J connectivity index is 2.12. The Morgan fingerprint density at radius 2 is 2.09 bits per heavy atom. The molecule has 23 heavy (non-hydrogen) atoms. The van der Waals surface area contributed by atoms with Crippen LogP contribution in [0.1, 0.15) is 4.88 Å². The van der Waals surface area contributed by atoms with Crippen LogP contribution in [-0.2, 0) is 14.8 Å². The van der Waals surface area contributed by atoms with Gasteiger partial charge in [0.2, 0.25) is 0 Å². The highest BCUT2D eigenvalue weighted by Crippen LogP contribution is 2.38. The third-order valence-electron chi connectivity index (χ3n) is 3.52. The van der Waals surface area contributed by atoms with Crippen molar-refractivity contribution in [2.24, 2.45) is 0 Å². The number of hydrogen-bond donors (Lipinski definition) is 1. The molecule has 0 bridgehead atoms. The number of aliphatic hydroxyl groups is 1. The van der Waals surface area contributed by atoms with Crippen molar-refractivity contribution in [3.8, 4) is 0 Å². The lowest BCUT2D eigenvalue weighted by Crippen LogP contribution is -2.40. The van der Waals surface area contributed by atoms with Crippen LogP contribution in [0.4, 0.5) is 5.82 Å². The Morgan fingerprint density at radius 3 is 2.74 bits per heavy atom. The highest BCUT2D eigenvalue weighted by Gasteiger charge is 2.40. The van der Waals surface area contributed by atoms with Gasteiger partial charge in [-0.15, -0.1) is 11.3 Å². The molecule has 2 aromatic rings. The lowest BCUT2D eigenvalue weighted by molar-refractivity contribution is -0.115. The van der Waals surface area contributed by atoms with Crippen molar-refractivity contribution in [1.29, 1.82) is 0 Å². The molecule has 1 aliphatic heterocycles. The van der Waals surface area contributed by atoms with E-state index < -0.39 is 15.9 Å². The minimum atomic E-state index is -3.86. The first-order chi connectivity index (χ1) is 10.9. The smallest absolute Gasteiger partial charge is 0.280 e. The van der Waals surface area contributed by atoms with Crippen LogP contribution < -0.4 is 4.90 Å². The summed E-state index contributed by atoms with van der Waals surface area (Å²) >= 11 is 1.07. The van der Waals surface area contributed by atoms with Crippen molar-refractivity contribution < 1.29 is 18.3 Å². The zero-order valence-electron chi connectivity index (χ0n) is 12.3. The van der Waals surface area contributed by atoms with E-state index in [9.17, 15) is 18.3 Å². The van der Waals surface area contributed by atoms with Crippen molar-refractivity contribution in [2.45, 2.75) is 4.90 Å². The standard InChI is InChI=1S/C14H13N3O4S2/c1-16(10-5-3-4-7-15-10)14(19)11-12(18)13-9(6-8-22-13)23(20,21)17(11)2/h3-8,18H,1-2H3. The number of fused-ring (bicyclic) bond motifs is 1. The number of likely N-dealkylation sites (N-methyl/N-ethyl adjacent to an activating group) is 2. The topological polar surface area (TPSA) is 90.8 Å². The molecule has 0 unspecified atom stereocenters. The van der Waals surface area contributed by atoms with Crippen molar-refractivity contribution in [2.75, 3.05) is 19.0 Å². The van der Waals surface area contributed by atoms with E-state index in [1.807, 2.05) is 0 Å². The second-order valence-electron chi connectivity index (χ2n) is 4.84. The molecule has 3 heterocycles.